The maximum absolute atomic E-state index is 12.9. The van der Waals surface area contributed by atoms with Crippen LogP contribution in [0.4, 0.5) is 13.2 Å². The lowest BCUT2D eigenvalue weighted by atomic mass is 10.0. The van der Waals surface area contributed by atoms with Crippen LogP contribution in [0.2, 0.25) is 0 Å². The predicted molar refractivity (Wildman–Crippen MR) is 60.6 cm³/mol. The molecule has 1 aromatic heterocycles. The molecule has 19 heavy (non-hydrogen) atoms. The Balaban J connectivity index is 2.52. The highest BCUT2D eigenvalue weighted by Crippen LogP contribution is 2.32. The van der Waals surface area contributed by atoms with Gasteiger partial charge in [0.15, 0.2) is 5.69 Å². The van der Waals surface area contributed by atoms with Crippen LogP contribution < -0.4 is 5.32 Å². The number of nitrogens with one attached hydrogen (secondary N) is 1. The molecular formula is C12H13F3N2O2. The Morgan fingerprint density at radius 2 is 2.26 bits per heavy atom. The molecule has 0 bridgehead atoms. The zero-order valence-electron chi connectivity index (χ0n) is 10.3. The van der Waals surface area contributed by atoms with Crippen LogP contribution in [0, 0.1) is 0 Å². The van der Waals surface area contributed by atoms with Gasteiger partial charge in [-0.3, -0.25) is 0 Å². The molecule has 1 aliphatic heterocycles. The fraction of sp³-hybridized carbons (Fsp3) is 0.500. The van der Waals surface area contributed by atoms with Gasteiger partial charge in [0.25, 0.3) is 0 Å². The van der Waals surface area contributed by atoms with Crippen LogP contribution in [0.1, 0.15) is 34.2 Å². The number of esters is 1. The van der Waals surface area contributed by atoms with E-state index in [1.807, 2.05) is 0 Å². The number of aromatic nitrogens is 1. The monoisotopic (exact) mass is 274 g/mol. The lowest BCUT2D eigenvalue weighted by Gasteiger charge is -2.20. The average Bonchev–Trinajstić information content (AvgIpc) is 2.36. The number of nitrogens with zero attached hydrogens (tertiary/aromatic N) is 1. The molecule has 1 aliphatic rings. The van der Waals surface area contributed by atoms with E-state index in [1.54, 1.807) is 6.92 Å². The van der Waals surface area contributed by atoms with E-state index in [2.05, 4.69) is 15.0 Å². The van der Waals surface area contributed by atoms with Gasteiger partial charge in [-0.05, 0) is 18.6 Å². The number of hydrogen-bond donors (Lipinski definition) is 1. The van der Waals surface area contributed by atoms with Crippen molar-refractivity contribution >= 4 is 5.97 Å². The molecule has 4 nitrogen and oxygen atoms in total. The highest BCUT2D eigenvalue weighted by atomic mass is 19.4. The van der Waals surface area contributed by atoms with Gasteiger partial charge in [-0.2, -0.15) is 13.2 Å². The molecule has 2 rings (SSSR count). The van der Waals surface area contributed by atoms with Gasteiger partial charge in [-0.15, -0.1) is 0 Å². The number of carbonyl (C=O) groups excluding carboxylic acids is 1. The van der Waals surface area contributed by atoms with E-state index in [1.165, 1.54) is 6.07 Å². The second-order valence-electron chi connectivity index (χ2n) is 4.14. The number of pyridine rings is 1. The summed E-state index contributed by atoms with van der Waals surface area (Å²) in [6.45, 7) is 2.55. The number of halogens is 3. The molecule has 0 atom stereocenters. The van der Waals surface area contributed by atoms with E-state index in [4.69, 9.17) is 0 Å². The Morgan fingerprint density at radius 3 is 2.89 bits per heavy atom. The van der Waals surface area contributed by atoms with Crippen molar-refractivity contribution in [1.29, 1.82) is 0 Å². The Morgan fingerprint density at radius 1 is 1.53 bits per heavy atom. The summed E-state index contributed by atoms with van der Waals surface area (Å²) in [5, 5.41) is 3.02. The van der Waals surface area contributed by atoms with Crippen LogP contribution in [0.5, 0.6) is 0 Å². The van der Waals surface area contributed by atoms with Crippen molar-refractivity contribution in [2.75, 3.05) is 13.2 Å². The smallest absolute Gasteiger partial charge is 0.434 e. The zero-order chi connectivity index (χ0) is 14.0. The van der Waals surface area contributed by atoms with Crippen molar-refractivity contribution in [3.05, 3.63) is 28.6 Å². The fourth-order valence-electron chi connectivity index (χ4n) is 1.97. The lowest BCUT2D eigenvalue weighted by molar-refractivity contribution is -0.141. The standard InChI is InChI=1S/C12H13F3N2O2/c1-2-19-11(18)8-5-7-6-16-4-3-9(7)17-10(8)12(13,14)15/h5,16H,2-4,6H2,1H3. The number of alkyl halides is 3. The van der Waals surface area contributed by atoms with Crippen LogP contribution in [0.15, 0.2) is 6.07 Å². The van der Waals surface area contributed by atoms with E-state index in [0.717, 1.165) is 0 Å². The average molecular weight is 274 g/mol. The molecular weight excluding hydrogens is 261 g/mol. The highest BCUT2D eigenvalue weighted by Gasteiger charge is 2.38. The van der Waals surface area contributed by atoms with Gasteiger partial charge in [-0.1, -0.05) is 0 Å². The Bertz CT molecular complexity index is 500. The molecule has 0 radical (unpaired) electrons. The maximum Gasteiger partial charge on any atom is 0.434 e. The summed E-state index contributed by atoms with van der Waals surface area (Å²) in [5.41, 5.74) is -0.676. The molecule has 0 aromatic carbocycles. The SMILES string of the molecule is CCOC(=O)c1cc2c(nc1C(F)(F)F)CCNC2. The molecule has 1 N–H and O–H groups in total. The number of hydrogen-bond acceptors (Lipinski definition) is 4. The number of fused-ring (bicyclic) bond motifs is 1. The molecule has 1 aromatic rings. The third-order valence-electron chi connectivity index (χ3n) is 2.81. The minimum atomic E-state index is -4.66. The van der Waals surface area contributed by atoms with Crippen LogP contribution >= 0.6 is 0 Å². The van der Waals surface area contributed by atoms with Crippen molar-refractivity contribution in [2.24, 2.45) is 0 Å². The second kappa shape index (κ2) is 5.16. The van der Waals surface area contributed by atoms with Gasteiger partial charge in [0.05, 0.1) is 12.2 Å². The van der Waals surface area contributed by atoms with Crippen LogP contribution in [0.25, 0.3) is 0 Å². The zero-order valence-corrected chi connectivity index (χ0v) is 10.3. The summed E-state index contributed by atoms with van der Waals surface area (Å²) in [7, 11) is 0. The van der Waals surface area contributed by atoms with Gasteiger partial charge < -0.3 is 10.1 Å². The van der Waals surface area contributed by atoms with E-state index in [-0.39, 0.29) is 6.61 Å². The van der Waals surface area contributed by atoms with Gasteiger partial charge in [0.2, 0.25) is 0 Å². The maximum atomic E-state index is 12.9. The molecule has 0 saturated carbocycles. The summed E-state index contributed by atoms with van der Waals surface area (Å²) in [4.78, 5) is 15.2. The van der Waals surface area contributed by atoms with Crippen LogP contribution in [-0.2, 0) is 23.9 Å². The first-order valence-corrected chi connectivity index (χ1v) is 5.91. The van der Waals surface area contributed by atoms with Gasteiger partial charge >= 0.3 is 12.1 Å². The molecule has 0 saturated heterocycles. The summed E-state index contributed by atoms with van der Waals surface area (Å²) in [6, 6.07) is 1.23. The van der Waals surface area contributed by atoms with E-state index < -0.39 is 23.4 Å². The van der Waals surface area contributed by atoms with Crippen LogP contribution in [0.3, 0.4) is 0 Å². The summed E-state index contributed by atoms with van der Waals surface area (Å²) in [6.07, 6.45) is -4.25. The molecule has 0 unspecified atom stereocenters. The van der Waals surface area contributed by atoms with E-state index >= 15 is 0 Å². The molecule has 0 aliphatic carbocycles. The minimum Gasteiger partial charge on any atom is -0.462 e. The minimum absolute atomic E-state index is 0.0193. The second-order valence-corrected chi connectivity index (χ2v) is 4.14. The Hall–Kier alpha value is -1.63. The van der Waals surface area contributed by atoms with Gasteiger partial charge in [0.1, 0.15) is 0 Å². The molecule has 0 amide bonds. The normalized spacial score (nSPS) is 14.9. The predicted octanol–water partition coefficient (Wildman–Crippen LogP) is 1.92. The third-order valence-corrected chi connectivity index (χ3v) is 2.81. The number of rotatable bonds is 2. The number of carbonyl (C=O) groups is 1. The largest absolute Gasteiger partial charge is 0.462 e. The fourth-order valence-corrected chi connectivity index (χ4v) is 1.97. The first-order chi connectivity index (χ1) is 8.93. The van der Waals surface area contributed by atoms with Crippen molar-refractivity contribution in [2.45, 2.75) is 26.1 Å². The van der Waals surface area contributed by atoms with E-state index in [0.29, 0.717) is 30.8 Å². The summed E-state index contributed by atoms with van der Waals surface area (Å²) < 4.78 is 43.5. The Labute approximate surface area is 108 Å². The quantitative estimate of drug-likeness (QED) is 0.837. The van der Waals surface area contributed by atoms with Gasteiger partial charge in [-0.25, -0.2) is 9.78 Å². The third kappa shape index (κ3) is 2.86. The van der Waals surface area contributed by atoms with Crippen LogP contribution in [-0.4, -0.2) is 24.1 Å². The Kier molecular flexibility index (Phi) is 3.75. The van der Waals surface area contributed by atoms with Crippen molar-refractivity contribution in [3.8, 4) is 0 Å². The topological polar surface area (TPSA) is 51.2 Å². The molecule has 104 valence electrons. The molecule has 0 fully saturated rings. The first kappa shape index (κ1) is 13.8. The number of ether oxygens (including phenoxy) is 1. The highest BCUT2D eigenvalue weighted by molar-refractivity contribution is 5.91. The lowest BCUT2D eigenvalue weighted by Crippen LogP contribution is -2.27. The van der Waals surface area contributed by atoms with Gasteiger partial charge in [0, 0.05) is 25.2 Å². The molecule has 7 heteroatoms. The van der Waals surface area contributed by atoms with Crippen molar-refractivity contribution < 1.29 is 22.7 Å². The molecule has 2 heterocycles. The molecule has 0 spiro atoms. The van der Waals surface area contributed by atoms with Crippen molar-refractivity contribution in [3.63, 3.8) is 0 Å². The van der Waals surface area contributed by atoms with Crippen molar-refractivity contribution in [1.82, 2.24) is 10.3 Å². The first-order valence-electron chi connectivity index (χ1n) is 5.91. The van der Waals surface area contributed by atoms with E-state index in [9.17, 15) is 18.0 Å². The summed E-state index contributed by atoms with van der Waals surface area (Å²) in [5.74, 6) is -0.990. The summed E-state index contributed by atoms with van der Waals surface area (Å²) >= 11 is 0.